The van der Waals surface area contributed by atoms with Gasteiger partial charge in [0.25, 0.3) is 0 Å². The molecule has 0 bridgehead atoms. The third-order valence-corrected chi connectivity index (χ3v) is 8.63. The average molecular weight is 269 g/mol. The van der Waals surface area contributed by atoms with Gasteiger partial charge >= 0.3 is 0 Å². The van der Waals surface area contributed by atoms with Crippen LogP contribution in [0.3, 0.4) is 0 Å². The first-order valence-corrected chi connectivity index (χ1v) is 9.66. The van der Waals surface area contributed by atoms with Gasteiger partial charge in [-0.15, -0.1) is 6.58 Å². The molecule has 104 valence electrons. The fourth-order valence-electron chi connectivity index (χ4n) is 1.93. The smallest absolute Gasteiger partial charge is 0.220 e. The first kappa shape index (κ1) is 15.4. The van der Waals surface area contributed by atoms with Gasteiger partial charge in [0.15, 0.2) is 8.32 Å². The second kappa shape index (κ2) is 5.57. The second-order valence-electron chi connectivity index (χ2n) is 6.65. The largest absolute Gasteiger partial charge is 0.412 e. The van der Waals surface area contributed by atoms with E-state index in [1.54, 1.807) is 0 Å². The van der Waals surface area contributed by atoms with E-state index in [4.69, 9.17) is 4.43 Å². The molecule has 1 saturated heterocycles. The number of rotatable bonds is 4. The number of amides is 1. The highest BCUT2D eigenvalue weighted by atomic mass is 28.4. The van der Waals surface area contributed by atoms with Crippen LogP contribution < -0.4 is 5.32 Å². The van der Waals surface area contributed by atoms with E-state index >= 15 is 0 Å². The van der Waals surface area contributed by atoms with Gasteiger partial charge in [-0.25, -0.2) is 0 Å². The lowest BCUT2D eigenvalue weighted by Crippen LogP contribution is -2.54. The predicted octanol–water partition coefficient (Wildman–Crippen LogP) is 3.23. The summed E-state index contributed by atoms with van der Waals surface area (Å²) < 4.78 is 6.43. The molecule has 1 heterocycles. The number of hydrogen-bond donors (Lipinski definition) is 1. The fraction of sp³-hybridized carbons (Fsp3) is 0.786. The zero-order chi connectivity index (χ0) is 14.0. The van der Waals surface area contributed by atoms with Crippen molar-refractivity contribution in [1.29, 1.82) is 0 Å². The Morgan fingerprint density at radius 3 is 2.61 bits per heavy atom. The Bertz CT molecular complexity index is 320. The van der Waals surface area contributed by atoms with Gasteiger partial charge in [0.2, 0.25) is 5.91 Å². The molecule has 0 aliphatic carbocycles. The van der Waals surface area contributed by atoms with E-state index < -0.39 is 8.32 Å². The van der Waals surface area contributed by atoms with Crippen molar-refractivity contribution >= 4 is 14.2 Å². The fourth-order valence-corrected chi connectivity index (χ4v) is 3.33. The maximum absolute atomic E-state index is 11.5. The topological polar surface area (TPSA) is 38.3 Å². The molecule has 1 aliphatic heterocycles. The Balaban J connectivity index is 2.74. The van der Waals surface area contributed by atoms with Crippen molar-refractivity contribution in [3.8, 4) is 0 Å². The SMILES string of the molecule is C=CC[C@H]1NC(=O)CC[C@@H]1O[Si](C)(C)C(C)(C)C. The van der Waals surface area contributed by atoms with Gasteiger partial charge in [-0.1, -0.05) is 26.8 Å². The first-order valence-electron chi connectivity index (χ1n) is 6.75. The number of piperidine rings is 1. The molecule has 2 atom stereocenters. The average Bonchev–Trinajstić information content (AvgIpc) is 2.20. The highest BCUT2D eigenvalue weighted by Gasteiger charge is 2.41. The third kappa shape index (κ3) is 3.69. The van der Waals surface area contributed by atoms with Gasteiger partial charge in [0.05, 0.1) is 12.1 Å². The number of carbonyl (C=O) groups is 1. The third-order valence-electron chi connectivity index (χ3n) is 4.12. The molecule has 1 N–H and O–H groups in total. The summed E-state index contributed by atoms with van der Waals surface area (Å²) in [6, 6.07) is 0.0953. The lowest BCUT2D eigenvalue weighted by molar-refractivity contribution is -0.125. The standard InChI is InChI=1S/C14H27NO2Si/c1-7-8-11-12(9-10-13(16)15-11)17-18(5,6)14(2,3)4/h7,11-12H,1,8-10H2,2-6H3,(H,15,16)/t11-,12+/m1/s1. The van der Waals surface area contributed by atoms with E-state index in [0.29, 0.717) is 6.42 Å². The second-order valence-corrected chi connectivity index (χ2v) is 11.4. The van der Waals surface area contributed by atoms with Crippen LogP contribution in [0.15, 0.2) is 12.7 Å². The Morgan fingerprint density at radius 2 is 2.11 bits per heavy atom. The molecule has 1 amide bonds. The van der Waals surface area contributed by atoms with Crippen molar-refractivity contribution in [1.82, 2.24) is 5.32 Å². The molecular formula is C14H27NO2Si. The lowest BCUT2D eigenvalue weighted by atomic mass is 9.98. The van der Waals surface area contributed by atoms with E-state index in [0.717, 1.165) is 12.8 Å². The summed E-state index contributed by atoms with van der Waals surface area (Å²) in [6.45, 7) is 15.0. The van der Waals surface area contributed by atoms with Gasteiger partial charge in [-0.05, 0) is 31.0 Å². The van der Waals surface area contributed by atoms with Gasteiger partial charge in [-0.2, -0.15) is 0 Å². The molecule has 0 radical (unpaired) electrons. The summed E-state index contributed by atoms with van der Waals surface area (Å²) in [5.41, 5.74) is 0. The molecular weight excluding hydrogens is 242 g/mol. The Labute approximate surface area is 112 Å². The highest BCUT2D eigenvalue weighted by Crippen LogP contribution is 2.38. The van der Waals surface area contributed by atoms with Crippen molar-refractivity contribution in [2.75, 3.05) is 0 Å². The molecule has 1 rings (SSSR count). The summed E-state index contributed by atoms with van der Waals surface area (Å²) in [4.78, 5) is 11.5. The summed E-state index contributed by atoms with van der Waals surface area (Å²) in [5, 5.41) is 3.23. The first-order chi connectivity index (χ1) is 8.17. The van der Waals surface area contributed by atoms with Crippen LogP contribution in [-0.4, -0.2) is 26.4 Å². The maximum Gasteiger partial charge on any atom is 0.220 e. The minimum atomic E-state index is -1.77. The molecule has 0 aromatic rings. The van der Waals surface area contributed by atoms with Crippen LogP contribution in [0.5, 0.6) is 0 Å². The number of hydrogen-bond acceptors (Lipinski definition) is 2. The van der Waals surface area contributed by atoms with Gasteiger partial charge in [-0.3, -0.25) is 4.79 Å². The number of carbonyl (C=O) groups excluding carboxylic acids is 1. The summed E-state index contributed by atoms with van der Waals surface area (Å²) in [7, 11) is -1.77. The van der Waals surface area contributed by atoms with E-state index in [1.165, 1.54) is 0 Å². The van der Waals surface area contributed by atoms with Gasteiger partial charge < -0.3 is 9.74 Å². The quantitative estimate of drug-likeness (QED) is 0.628. The van der Waals surface area contributed by atoms with Crippen LogP contribution in [0.1, 0.15) is 40.0 Å². The molecule has 0 spiro atoms. The van der Waals surface area contributed by atoms with Crippen molar-refractivity contribution in [2.24, 2.45) is 0 Å². The molecule has 0 unspecified atom stereocenters. The number of nitrogens with one attached hydrogen (secondary N) is 1. The Morgan fingerprint density at radius 1 is 1.50 bits per heavy atom. The van der Waals surface area contributed by atoms with Gasteiger partial charge in [0, 0.05) is 6.42 Å². The zero-order valence-electron chi connectivity index (χ0n) is 12.4. The summed E-state index contributed by atoms with van der Waals surface area (Å²) in [6.07, 6.45) is 4.19. The van der Waals surface area contributed by atoms with Crippen LogP contribution in [-0.2, 0) is 9.22 Å². The van der Waals surface area contributed by atoms with Crippen LogP contribution in [0.4, 0.5) is 0 Å². The monoisotopic (exact) mass is 269 g/mol. The minimum Gasteiger partial charge on any atom is -0.412 e. The van der Waals surface area contributed by atoms with E-state index in [1.807, 2.05) is 6.08 Å². The van der Waals surface area contributed by atoms with E-state index in [9.17, 15) is 4.79 Å². The molecule has 3 nitrogen and oxygen atoms in total. The molecule has 0 aromatic carbocycles. The summed E-state index contributed by atoms with van der Waals surface area (Å²) in [5.74, 6) is 0.136. The molecule has 1 fully saturated rings. The summed E-state index contributed by atoms with van der Waals surface area (Å²) >= 11 is 0. The normalized spacial score (nSPS) is 25.7. The van der Waals surface area contributed by atoms with Crippen molar-refractivity contribution < 1.29 is 9.22 Å². The maximum atomic E-state index is 11.5. The Kier molecular flexibility index (Phi) is 4.78. The molecule has 1 aliphatic rings. The highest BCUT2D eigenvalue weighted by molar-refractivity contribution is 6.74. The zero-order valence-corrected chi connectivity index (χ0v) is 13.4. The van der Waals surface area contributed by atoms with E-state index in [2.05, 4.69) is 45.8 Å². The van der Waals surface area contributed by atoms with Gasteiger partial charge in [0.1, 0.15) is 0 Å². The predicted molar refractivity (Wildman–Crippen MR) is 78.0 cm³/mol. The molecule has 0 saturated carbocycles. The van der Waals surface area contributed by atoms with Crippen molar-refractivity contribution in [2.45, 2.75) is 70.3 Å². The van der Waals surface area contributed by atoms with Crippen LogP contribution in [0.2, 0.25) is 18.1 Å². The van der Waals surface area contributed by atoms with Crippen molar-refractivity contribution in [3.05, 3.63) is 12.7 Å². The Hall–Kier alpha value is -0.613. The molecule has 0 aromatic heterocycles. The van der Waals surface area contributed by atoms with Crippen molar-refractivity contribution in [3.63, 3.8) is 0 Å². The van der Waals surface area contributed by atoms with Crippen LogP contribution >= 0.6 is 0 Å². The lowest BCUT2D eigenvalue weighted by Gasteiger charge is -2.43. The minimum absolute atomic E-state index is 0.0953. The van der Waals surface area contributed by atoms with Crippen LogP contribution in [0, 0.1) is 0 Å². The van der Waals surface area contributed by atoms with E-state index in [-0.39, 0.29) is 23.1 Å². The molecule has 18 heavy (non-hydrogen) atoms. The van der Waals surface area contributed by atoms with Crippen LogP contribution in [0.25, 0.3) is 0 Å². The molecule has 4 heteroatoms.